The average Bonchev–Trinajstić information content (AvgIpc) is 2.36. The second-order valence-corrected chi connectivity index (χ2v) is 4.85. The first-order valence-electron chi connectivity index (χ1n) is 6.06. The van der Waals surface area contributed by atoms with Crippen LogP contribution in [0.5, 0.6) is 0 Å². The van der Waals surface area contributed by atoms with Crippen molar-refractivity contribution >= 4 is 23.3 Å². The molecule has 6 nitrogen and oxygen atoms in total. The molecular formula is C11H18N4O2S. The van der Waals surface area contributed by atoms with Gasteiger partial charge in [0.05, 0.1) is 4.92 Å². The van der Waals surface area contributed by atoms with Gasteiger partial charge in [0, 0.05) is 6.54 Å². The van der Waals surface area contributed by atoms with E-state index >= 15 is 0 Å². The van der Waals surface area contributed by atoms with E-state index in [-0.39, 0.29) is 5.69 Å². The average molecular weight is 270 g/mol. The summed E-state index contributed by atoms with van der Waals surface area (Å²) in [6.07, 6.45) is 4.34. The molecule has 1 aromatic heterocycles. The SMILES string of the molecule is CCCCSc1ncnc(NCCC)c1[N+](=O)[O-]. The minimum absolute atomic E-state index is 0.00736. The summed E-state index contributed by atoms with van der Waals surface area (Å²) < 4.78 is 0. The molecule has 0 unspecified atom stereocenters. The number of thioether (sulfide) groups is 1. The van der Waals surface area contributed by atoms with Crippen molar-refractivity contribution in [2.45, 2.75) is 38.1 Å². The van der Waals surface area contributed by atoms with Crippen LogP contribution in [0.2, 0.25) is 0 Å². The van der Waals surface area contributed by atoms with Crippen molar-refractivity contribution in [3.05, 3.63) is 16.4 Å². The lowest BCUT2D eigenvalue weighted by Crippen LogP contribution is -2.07. The molecule has 1 N–H and O–H groups in total. The maximum atomic E-state index is 11.1. The molecule has 0 spiro atoms. The largest absolute Gasteiger partial charge is 0.364 e. The molecule has 0 amide bonds. The number of aromatic nitrogens is 2. The zero-order valence-corrected chi connectivity index (χ0v) is 11.5. The van der Waals surface area contributed by atoms with Crippen molar-refractivity contribution in [2.75, 3.05) is 17.6 Å². The Labute approximate surface area is 111 Å². The van der Waals surface area contributed by atoms with Gasteiger partial charge in [-0.3, -0.25) is 10.1 Å². The van der Waals surface area contributed by atoms with E-state index in [4.69, 9.17) is 0 Å². The first-order chi connectivity index (χ1) is 8.70. The third-order valence-corrected chi connectivity index (χ3v) is 3.32. The molecular weight excluding hydrogens is 252 g/mol. The van der Waals surface area contributed by atoms with E-state index in [1.54, 1.807) is 0 Å². The normalized spacial score (nSPS) is 10.3. The summed E-state index contributed by atoms with van der Waals surface area (Å²) in [5.41, 5.74) is -0.00736. The highest BCUT2D eigenvalue weighted by atomic mass is 32.2. The zero-order valence-electron chi connectivity index (χ0n) is 10.7. The van der Waals surface area contributed by atoms with E-state index < -0.39 is 4.92 Å². The number of rotatable bonds is 8. The minimum atomic E-state index is -0.410. The molecule has 0 saturated carbocycles. The maximum Gasteiger partial charge on any atom is 0.343 e. The first-order valence-corrected chi connectivity index (χ1v) is 7.05. The lowest BCUT2D eigenvalue weighted by Gasteiger charge is -2.07. The van der Waals surface area contributed by atoms with Gasteiger partial charge >= 0.3 is 5.69 Å². The first kappa shape index (κ1) is 14.7. The predicted octanol–water partition coefficient (Wildman–Crippen LogP) is 3.10. The standard InChI is InChI=1S/C11H18N4O2S/c1-3-5-7-18-11-9(15(16)17)10(12-6-4-2)13-8-14-11/h8H,3-7H2,1-2H3,(H,12,13,14). The van der Waals surface area contributed by atoms with Gasteiger partial charge in [0.25, 0.3) is 0 Å². The molecule has 0 saturated heterocycles. The van der Waals surface area contributed by atoms with Crippen LogP contribution in [0.15, 0.2) is 11.4 Å². The van der Waals surface area contributed by atoms with Crippen LogP contribution in [-0.4, -0.2) is 27.2 Å². The Morgan fingerprint density at radius 3 is 2.78 bits per heavy atom. The lowest BCUT2D eigenvalue weighted by molar-refractivity contribution is -0.387. The van der Waals surface area contributed by atoms with E-state index in [0.717, 1.165) is 25.0 Å². The van der Waals surface area contributed by atoms with Crippen molar-refractivity contribution in [2.24, 2.45) is 0 Å². The lowest BCUT2D eigenvalue weighted by atomic mass is 10.4. The molecule has 0 aromatic carbocycles. The molecule has 0 radical (unpaired) electrons. The van der Waals surface area contributed by atoms with Crippen LogP contribution in [0.4, 0.5) is 11.5 Å². The highest BCUT2D eigenvalue weighted by molar-refractivity contribution is 7.99. The van der Waals surface area contributed by atoms with E-state index in [1.807, 2.05) is 6.92 Å². The summed E-state index contributed by atoms with van der Waals surface area (Å²) in [6, 6.07) is 0. The molecule has 1 heterocycles. The number of nitrogens with one attached hydrogen (secondary N) is 1. The summed E-state index contributed by atoms with van der Waals surface area (Å²) in [5, 5.41) is 14.5. The van der Waals surface area contributed by atoms with Gasteiger partial charge in [-0.25, -0.2) is 9.97 Å². The van der Waals surface area contributed by atoms with Gasteiger partial charge < -0.3 is 5.32 Å². The van der Waals surface area contributed by atoms with Gasteiger partial charge in [-0.15, -0.1) is 0 Å². The van der Waals surface area contributed by atoms with E-state index in [9.17, 15) is 10.1 Å². The number of nitro groups is 1. The summed E-state index contributed by atoms with van der Waals surface area (Å²) >= 11 is 1.41. The monoisotopic (exact) mass is 270 g/mol. The third-order valence-electron chi connectivity index (χ3n) is 2.25. The summed E-state index contributed by atoms with van der Waals surface area (Å²) in [5.74, 6) is 1.15. The van der Waals surface area contributed by atoms with Crippen LogP contribution in [-0.2, 0) is 0 Å². The molecule has 0 aliphatic carbocycles. The number of anilines is 1. The summed E-state index contributed by atoms with van der Waals surface area (Å²) in [7, 11) is 0. The van der Waals surface area contributed by atoms with Gasteiger partial charge in [0.2, 0.25) is 5.82 Å². The Balaban J connectivity index is 2.90. The Morgan fingerprint density at radius 2 is 2.17 bits per heavy atom. The van der Waals surface area contributed by atoms with Crippen molar-refractivity contribution in [3.8, 4) is 0 Å². The Kier molecular flexibility index (Phi) is 6.42. The maximum absolute atomic E-state index is 11.1. The number of nitrogens with zero attached hydrogens (tertiary/aromatic N) is 3. The molecule has 0 fully saturated rings. The summed E-state index contributed by atoms with van der Waals surface area (Å²) in [4.78, 5) is 18.7. The van der Waals surface area contributed by atoms with Gasteiger partial charge in [-0.2, -0.15) is 0 Å². The molecule has 7 heteroatoms. The molecule has 1 rings (SSSR count). The Bertz CT molecular complexity index is 401. The smallest absolute Gasteiger partial charge is 0.343 e. The highest BCUT2D eigenvalue weighted by Gasteiger charge is 2.22. The van der Waals surface area contributed by atoms with Crippen LogP contribution in [0.3, 0.4) is 0 Å². The topological polar surface area (TPSA) is 81.0 Å². The molecule has 0 aliphatic heterocycles. The van der Waals surface area contributed by atoms with Crippen LogP contribution in [0, 0.1) is 10.1 Å². The number of hydrogen-bond donors (Lipinski definition) is 1. The Morgan fingerprint density at radius 1 is 1.39 bits per heavy atom. The quantitative estimate of drug-likeness (QED) is 0.257. The van der Waals surface area contributed by atoms with E-state index in [0.29, 0.717) is 17.4 Å². The Hall–Kier alpha value is -1.37. The molecule has 0 atom stereocenters. The van der Waals surface area contributed by atoms with Crippen LogP contribution >= 0.6 is 11.8 Å². The third kappa shape index (κ3) is 4.14. The van der Waals surface area contributed by atoms with Crippen LogP contribution in [0.25, 0.3) is 0 Å². The second-order valence-electron chi connectivity index (χ2n) is 3.76. The highest BCUT2D eigenvalue weighted by Crippen LogP contribution is 2.32. The second kappa shape index (κ2) is 7.86. The van der Waals surface area contributed by atoms with E-state index in [1.165, 1.54) is 18.1 Å². The fraction of sp³-hybridized carbons (Fsp3) is 0.636. The van der Waals surface area contributed by atoms with Crippen molar-refractivity contribution in [3.63, 3.8) is 0 Å². The number of hydrogen-bond acceptors (Lipinski definition) is 6. The molecule has 100 valence electrons. The molecule has 0 bridgehead atoms. The van der Waals surface area contributed by atoms with Crippen molar-refractivity contribution in [1.29, 1.82) is 0 Å². The van der Waals surface area contributed by atoms with Gasteiger partial charge in [0.15, 0.2) is 5.03 Å². The predicted molar refractivity (Wildman–Crippen MR) is 73.1 cm³/mol. The molecule has 1 aromatic rings. The number of unbranched alkanes of at least 4 members (excludes halogenated alkanes) is 1. The van der Waals surface area contributed by atoms with Crippen molar-refractivity contribution < 1.29 is 4.92 Å². The van der Waals surface area contributed by atoms with Gasteiger partial charge in [0.1, 0.15) is 6.33 Å². The van der Waals surface area contributed by atoms with E-state index in [2.05, 4.69) is 22.2 Å². The summed E-state index contributed by atoms with van der Waals surface area (Å²) in [6.45, 7) is 4.75. The van der Waals surface area contributed by atoms with Crippen LogP contribution < -0.4 is 5.32 Å². The van der Waals surface area contributed by atoms with Gasteiger partial charge in [-0.1, -0.05) is 32.0 Å². The van der Waals surface area contributed by atoms with Crippen molar-refractivity contribution in [1.82, 2.24) is 9.97 Å². The zero-order chi connectivity index (χ0) is 13.4. The molecule has 18 heavy (non-hydrogen) atoms. The fourth-order valence-electron chi connectivity index (χ4n) is 1.32. The fourth-order valence-corrected chi connectivity index (χ4v) is 2.37. The van der Waals surface area contributed by atoms with Crippen LogP contribution in [0.1, 0.15) is 33.1 Å². The molecule has 0 aliphatic rings. The van der Waals surface area contributed by atoms with Gasteiger partial charge in [-0.05, 0) is 18.6 Å². The minimum Gasteiger partial charge on any atom is -0.364 e.